The van der Waals surface area contributed by atoms with Crippen molar-refractivity contribution in [1.82, 2.24) is 0 Å². The van der Waals surface area contributed by atoms with Crippen LogP contribution in [0.25, 0.3) is 4.85 Å². The third kappa shape index (κ3) is 6.91. The minimum absolute atomic E-state index is 0.00718. The lowest BCUT2D eigenvalue weighted by atomic mass is 9.85. The first-order valence-corrected chi connectivity index (χ1v) is 13.3. The molecule has 0 amide bonds. The number of hydrogen-bond acceptors (Lipinski definition) is 11. The molecule has 2 unspecified atom stereocenters. The van der Waals surface area contributed by atoms with Crippen LogP contribution < -0.4 is 8.92 Å². The van der Waals surface area contributed by atoms with Crippen LogP contribution in [0.3, 0.4) is 0 Å². The predicted molar refractivity (Wildman–Crippen MR) is 136 cm³/mol. The molecule has 2 aromatic carbocycles. The third-order valence-electron chi connectivity index (χ3n) is 6.66. The van der Waals surface area contributed by atoms with Crippen molar-refractivity contribution in [2.75, 3.05) is 0 Å². The Hall–Kier alpha value is -3.65. The van der Waals surface area contributed by atoms with E-state index in [2.05, 4.69) is 9.03 Å². The second-order valence-corrected chi connectivity index (χ2v) is 10.7. The summed E-state index contributed by atoms with van der Waals surface area (Å²) in [6.45, 7) is 9.24. The van der Waals surface area contributed by atoms with Crippen molar-refractivity contribution in [3.8, 4) is 29.6 Å². The van der Waals surface area contributed by atoms with Crippen LogP contribution in [0.15, 0.2) is 36.4 Å². The molecule has 0 bridgehead atoms. The van der Waals surface area contributed by atoms with Gasteiger partial charge in [-0.3, -0.25) is 4.55 Å². The molecular formula is C25H30NO13S+. The minimum Gasteiger partial charge on any atom is -0.504 e. The molecule has 1 heterocycles. The Morgan fingerprint density at radius 2 is 1.57 bits per heavy atom. The van der Waals surface area contributed by atoms with Crippen LogP contribution in [-0.2, 0) is 32.8 Å². The molecule has 0 aliphatic carbocycles. The van der Waals surface area contributed by atoms with Gasteiger partial charge in [-0.15, -0.1) is 0 Å². The van der Waals surface area contributed by atoms with Crippen LogP contribution in [-0.4, -0.2) is 79.9 Å². The van der Waals surface area contributed by atoms with E-state index in [1.165, 1.54) is 30.3 Å². The highest BCUT2D eigenvalue weighted by molar-refractivity contribution is 7.81. The number of carbonyl (C=O) groups is 1. The van der Waals surface area contributed by atoms with E-state index in [-0.39, 0.29) is 17.6 Å². The van der Waals surface area contributed by atoms with Gasteiger partial charge in [-0.25, -0.2) is 9.53 Å². The van der Waals surface area contributed by atoms with Crippen molar-refractivity contribution >= 4 is 16.4 Å². The first kappa shape index (κ1) is 30.9. The number of phenolic OH excluding ortho intramolecular Hbond substituents is 2. The van der Waals surface area contributed by atoms with Gasteiger partial charge in [0.1, 0.15) is 12.2 Å². The molecule has 2 aromatic rings. The van der Waals surface area contributed by atoms with Crippen molar-refractivity contribution in [2.24, 2.45) is 11.8 Å². The lowest BCUT2D eigenvalue weighted by Gasteiger charge is -2.37. The molecular weight excluding hydrogens is 554 g/mol. The molecule has 1 aliphatic rings. The largest absolute Gasteiger partial charge is 0.573 e. The van der Waals surface area contributed by atoms with E-state index < -0.39 is 63.9 Å². The van der Waals surface area contributed by atoms with Gasteiger partial charge >= 0.3 is 22.3 Å². The van der Waals surface area contributed by atoms with E-state index in [1.807, 2.05) is 13.8 Å². The second-order valence-electron chi connectivity index (χ2n) is 9.64. The first-order chi connectivity index (χ1) is 18.6. The standard InChI is InChI=1S/C25H29NO13S/c1-12(8-14-5-7-18(17(28)10-14)39-40(34,35)36)13(2)9-15-4-6-16(27)19(11-15)37-25(26-3)23(31)21(30)20(29)22(38-25)24(32)33/h3-7,10-13,20-23,29-31H,8-9H2,1-2H3,(H3-,27,28,32,33,34,35,36)/p+1/t12?,13?,20-,21-,22-,23+,25-/m0/s1. The lowest BCUT2D eigenvalue weighted by molar-refractivity contribution is -0.309. The van der Waals surface area contributed by atoms with Crippen molar-refractivity contribution in [3.63, 3.8) is 0 Å². The summed E-state index contributed by atoms with van der Waals surface area (Å²) in [7, 11) is -4.79. The van der Waals surface area contributed by atoms with Gasteiger partial charge in [0, 0.05) is 4.85 Å². The minimum atomic E-state index is -4.79. The molecule has 218 valence electrons. The maximum Gasteiger partial charge on any atom is 0.573 e. The van der Waals surface area contributed by atoms with Gasteiger partial charge in [0.15, 0.2) is 29.1 Å². The molecule has 3 rings (SSSR count). The number of aliphatic hydroxyl groups is 3. The average molecular weight is 585 g/mol. The summed E-state index contributed by atoms with van der Waals surface area (Å²) in [6, 6.07) is 8.34. The maximum atomic E-state index is 11.5. The lowest BCUT2D eigenvalue weighted by Crippen LogP contribution is -2.66. The Kier molecular flexibility index (Phi) is 9.14. The van der Waals surface area contributed by atoms with Crippen LogP contribution in [0.1, 0.15) is 25.0 Å². The van der Waals surface area contributed by atoms with Crippen LogP contribution in [0.2, 0.25) is 0 Å². The van der Waals surface area contributed by atoms with E-state index in [1.54, 1.807) is 6.07 Å². The molecule has 0 spiro atoms. The molecule has 7 N–H and O–H groups in total. The average Bonchev–Trinajstić information content (AvgIpc) is 2.87. The van der Waals surface area contributed by atoms with Crippen LogP contribution in [0.4, 0.5) is 0 Å². The van der Waals surface area contributed by atoms with Crippen molar-refractivity contribution in [1.29, 1.82) is 0 Å². The zero-order valence-electron chi connectivity index (χ0n) is 21.4. The fraction of sp³-hybridized carbons (Fsp3) is 0.440. The maximum absolute atomic E-state index is 11.5. The molecule has 1 fully saturated rings. The summed E-state index contributed by atoms with van der Waals surface area (Å²) in [6.07, 6.45) is -7.33. The van der Waals surface area contributed by atoms with Gasteiger partial charge in [0.05, 0.1) is 0 Å². The quantitative estimate of drug-likeness (QED) is 0.193. The summed E-state index contributed by atoms with van der Waals surface area (Å²) >= 11 is 0. The number of aliphatic hydroxyl groups excluding tert-OH is 3. The van der Waals surface area contributed by atoms with Gasteiger partial charge in [-0.05, 0) is 60.1 Å². The smallest absolute Gasteiger partial charge is 0.504 e. The normalized spacial score (nSPS) is 26.3. The van der Waals surface area contributed by atoms with Gasteiger partial charge in [0.25, 0.3) is 6.57 Å². The fourth-order valence-corrected chi connectivity index (χ4v) is 4.63. The monoisotopic (exact) mass is 584 g/mol. The van der Waals surface area contributed by atoms with Crippen LogP contribution >= 0.6 is 0 Å². The molecule has 1 saturated heterocycles. The molecule has 0 saturated carbocycles. The summed E-state index contributed by atoms with van der Waals surface area (Å²) in [4.78, 5) is 14.8. The summed E-state index contributed by atoms with van der Waals surface area (Å²) in [5, 5.41) is 60.2. The Morgan fingerprint density at radius 1 is 1.00 bits per heavy atom. The Balaban J connectivity index is 1.75. The summed E-state index contributed by atoms with van der Waals surface area (Å²) in [5.41, 5.74) is 1.30. The van der Waals surface area contributed by atoms with E-state index in [9.17, 15) is 43.9 Å². The number of aromatic hydroxyl groups is 2. The number of phenols is 2. The van der Waals surface area contributed by atoms with Crippen molar-refractivity contribution in [2.45, 2.75) is 57.0 Å². The SMILES string of the molecule is C#[N+][C@@]1(Oc2cc(CC(C)C(C)Cc3ccc(OS(=O)(=O)O)c(O)c3)ccc2O)O[C@H](C(=O)O)[C@@H](O)[C@H](O)[C@H]1O. The number of carboxylic acid groups (broad SMARTS) is 1. The molecule has 0 radical (unpaired) electrons. The molecule has 15 heteroatoms. The van der Waals surface area contributed by atoms with Crippen LogP contribution in [0.5, 0.6) is 23.0 Å². The van der Waals surface area contributed by atoms with Crippen molar-refractivity contribution < 1.29 is 62.1 Å². The van der Waals surface area contributed by atoms with Gasteiger partial charge < -0.3 is 39.6 Å². The highest BCUT2D eigenvalue weighted by atomic mass is 32.3. The summed E-state index contributed by atoms with van der Waals surface area (Å²) in [5.74, 6) is -5.96. The van der Waals surface area contributed by atoms with E-state index in [0.29, 0.717) is 24.0 Å². The number of rotatable bonds is 10. The molecule has 1 aliphatic heterocycles. The van der Waals surface area contributed by atoms with E-state index >= 15 is 0 Å². The topological polar surface area (TPSA) is 225 Å². The molecule has 7 atom stereocenters. The fourth-order valence-electron chi connectivity index (χ4n) is 4.26. The second kappa shape index (κ2) is 11.8. The molecule has 40 heavy (non-hydrogen) atoms. The molecule has 0 aromatic heterocycles. The predicted octanol–water partition coefficient (Wildman–Crippen LogP) is 0.898. The number of carboxylic acids is 1. The highest BCUT2D eigenvalue weighted by Crippen LogP contribution is 2.38. The van der Waals surface area contributed by atoms with Gasteiger partial charge in [-0.1, -0.05) is 26.0 Å². The number of hydrogen-bond donors (Lipinski definition) is 7. The summed E-state index contributed by atoms with van der Waals surface area (Å²) < 4.78 is 45.5. The Labute approximate surface area is 229 Å². The Bertz CT molecular complexity index is 1390. The number of nitrogens with zero attached hydrogens (tertiary/aromatic N) is 1. The zero-order chi connectivity index (χ0) is 30.0. The number of aliphatic carboxylic acids is 1. The third-order valence-corrected chi connectivity index (χ3v) is 7.05. The Morgan fingerprint density at radius 3 is 2.10 bits per heavy atom. The first-order valence-electron chi connectivity index (χ1n) is 11.9. The highest BCUT2D eigenvalue weighted by Gasteiger charge is 2.66. The van der Waals surface area contributed by atoms with Crippen molar-refractivity contribution in [3.05, 3.63) is 52.4 Å². The zero-order valence-corrected chi connectivity index (χ0v) is 22.2. The van der Waals surface area contributed by atoms with E-state index in [0.717, 1.165) is 0 Å². The van der Waals surface area contributed by atoms with Gasteiger partial charge in [-0.2, -0.15) is 8.42 Å². The number of benzene rings is 2. The molecule has 14 nitrogen and oxygen atoms in total. The van der Waals surface area contributed by atoms with E-state index in [4.69, 9.17) is 20.6 Å². The number of ether oxygens (including phenoxy) is 2. The van der Waals surface area contributed by atoms with Crippen LogP contribution in [0, 0.1) is 18.4 Å². The van der Waals surface area contributed by atoms with Gasteiger partial charge in [0.2, 0.25) is 6.10 Å².